The van der Waals surface area contributed by atoms with Crippen LogP contribution in [0.2, 0.25) is 0 Å². The van der Waals surface area contributed by atoms with Crippen LogP contribution in [0.15, 0.2) is 28.7 Å². The molecule has 1 N–H and O–H groups in total. The van der Waals surface area contributed by atoms with Gasteiger partial charge in [-0.15, -0.1) is 0 Å². The minimum atomic E-state index is -3.35. The lowest BCUT2D eigenvalue weighted by Gasteiger charge is -2.20. The molecule has 1 aliphatic rings. The summed E-state index contributed by atoms with van der Waals surface area (Å²) in [7, 11) is -1.77. The van der Waals surface area contributed by atoms with Crippen molar-refractivity contribution in [3.05, 3.63) is 34.3 Å². The van der Waals surface area contributed by atoms with Gasteiger partial charge in [-0.25, -0.2) is 4.72 Å². The molecule has 4 nitrogen and oxygen atoms in total. The van der Waals surface area contributed by atoms with Crippen LogP contribution in [-0.4, -0.2) is 32.9 Å². The summed E-state index contributed by atoms with van der Waals surface area (Å²) in [5.74, 6) is 0. The van der Waals surface area contributed by atoms with Gasteiger partial charge >= 0.3 is 0 Å². The Labute approximate surface area is 123 Å². The minimum Gasteiger partial charge on any atom is -0.201 e. The molecule has 1 saturated carbocycles. The summed E-state index contributed by atoms with van der Waals surface area (Å²) in [5.41, 5.74) is 1.18. The molecule has 1 aromatic rings. The van der Waals surface area contributed by atoms with E-state index in [9.17, 15) is 8.42 Å². The lowest BCUT2D eigenvalue weighted by Crippen LogP contribution is -2.41. The van der Waals surface area contributed by atoms with E-state index in [0.29, 0.717) is 13.1 Å². The van der Waals surface area contributed by atoms with Crippen LogP contribution in [-0.2, 0) is 15.6 Å². The summed E-state index contributed by atoms with van der Waals surface area (Å²) in [6.07, 6.45) is 2.06. The van der Waals surface area contributed by atoms with Crippen LogP contribution in [0, 0.1) is 0 Å². The van der Waals surface area contributed by atoms with Crippen LogP contribution < -0.4 is 4.72 Å². The van der Waals surface area contributed by atoms with Gasteiger partial charge in [-0.05, 0) is 30.5 Å². The summed E-state index contributed by atoms with van der Waals surface area (Å²) >= 11 is 3.46. The van der Waals surface area contributed by atoms with Crippen molar-refractivity contribution in [2.45, 2.75) is 25.2 Å². The van der Waals surface area contributed by atoms with Gasteiger partial charge in [0.15, 0.2) is 0 Å². The normalized spacial score (nSPS) is 17.7. The largest absolute Gasteiger partial charge is 0.279 e. The predicted molar refractivity (Wildman–Crippen MR) is 80.3 cm³/mol. The van der Waals surface area contributed by atoms with Crippen molar-refractivity contribution < 1.29 is 8.42 Å². The summed E-state index contributed by atoms with van der Waals surface area (Å²) in [5, 5.41) is 0. The standard InChI is InChI=1S/C13H19BrN2O2S/c1-3-16(2)19(17,18)15-10-13(7-8-13)11-5-4-6-12(14)9-11/h4-6,9,15H,3,7-8,10H2,1-2H3. The third kappa shape index (κ3) is 3.37. The molecule has 0 aliphatic heterocycles. The average molecular weight is 347 g/mol. The third-order valence-corrected chi connectivity index (χ3v) is 5.82. The first-order valence-electron chi connectivity index (χ1n) is 6.37. The molecule has 0 heterocycles. The number of halogens is 1. The zero-order valence-electron chi connectivity index (χ0n) is 11.2. The van der Waals surface area contributed by atoms with E-state index in [2.05, 4.69) is 32.8 Å². The number of hydrogen-bond donors (Lipinski definition) is 1. The highest BCUT2D eigenvalue weighted by Gasteiger charge is 2.45. The fourth-order valence-electron chi connectivity index (χ4n) is 2.05. The smallest absolute Gasteiger partial charge is 0.201 e. The Kier molecular flexibility index (Phi) is 4.35. The Balaban J connectivity index is 2.08. The molecule has 0 aromatic heterocycles. The molecule has 1 aliphatic carbocycles. The molecular weight excluding hydrogens is 328 g/mol. The highest BCUT2D eigenvalue weighted by molar-refractivity contribution is 9.10. The molecule has 1 fully saturated rings. The second-order valence-corrected chi connectivity index (χ2v) is 7.81. The topological polar surface area (TPSA) is 49.4 Å². The summed E-state index contributed by atoms with van der Waals surface area (Å²) in [6, 6.07) is 8.11. The molecule has 0 unspecified atom stereocenters. The van der Waals surface area contributed by atoms with Crippen molar-refractivity contribution in [2.75, 3.05) is 20.1 Å². The first-order chi connectivity index (χ1) is 8.89. The molecule has 0 saturated heterocycles. The Morgan fingerprint density at radius 3 is 2.63 bits per heavy atom. The van der Waals surface area contributed by atoms with E-state index in [4.69, 9.17) is 0 Å². The molecule has 19 heavy (non-hydrogen) atoms. The Hall–Kier alpha value is -0.430. The molecule has 0 radical (unpaired) electrons. The van der Waals surface area contributed by atoms with Crippen LogP contribution in [0.4, 0.5) is 0 Å². The number of benzene rings is 1. The summed E-state index contributed by atoms with van der Waals surface area (Å²) < 4.78 is 28.9. The Bertz CT molecular complexity index is 556. The Morgan fingerprint density at radius 2 is 2.11 bits per heavy atom. The van der Waals surface area contributed by atoms with Crippen LogP contribution in [0.25, 0.3) is 0 Å². The van der Waals surface area contributed by atoms with Gasteiger partial charge in [0.05, 0.1) is 0 Å². The lowest BCUT2D eigenvalue weighted by molar-refractivity contribution is 0.468. The number of nitrogens with one attached hydrogen (secondary N) is 1. The van der Waals surface area contributed by atoms with Crippen molar-refractivity contribution >= 4 is 26.1 Å². The van der Waals surface area contributed by atoms with E-state index < -0.39 is 10.2 Å². The number of nitrogens with zero attached hydrogens (tertiary/aromatic N) is 1. The lowest BCUT2D eigenvalue weighted by atomic mass is 9.96. The monoisotopic (exact) mass is 346 g/mol. The average Bonchev–Trinajstić information content (AvgIpc) is 3.17. The van der Waals surface area contributed by atoms with Crippen LogP contribution in [0.5, 0.6) is 0 Å². The number of rotatable bonds is 6. The molecule has 2 rings (SSSR count). The van der Waals surface area contributed by atoms with Gasteiger partial charge in [0.25, 0.3) is 10.2 Å². The maximum absolute atomic E-state index is 11.9. The van der Waals surface area contributed by atoms with Crippen LogP contribution in [0.3, 0.4) is 0 Å². The molecular formula is C13H19BrN2O2S. The van der Waals surface area contributed by atoms with E-state index in [1.54, 1.807) is 7.05 Å². The van der Waals surface area contributed by atoms with Gasteiger partial charge < -0.3 is 0 Å². The molecule has 0 atom stereocenters. The van der Waals surface area contributed by atoms with Crippen molar-refractivity contribution in [1.82, 2.24) is 9.03 Å². The molecule has 1 aromatic carbocycles. The molecule has 0 bridgehead atoms. The maximum atomic E-state index is 11.9. The Morgan fingerprint density at radius 1 is 1.42 bits per heavy atom. The van der Waals surface area contributed by atoms with Gasteiger partial charge in [-0.2, -0.15) is 12.7 Å². The van der Waals surface area contributed by atoms with Gasteiger partial charge in [-0.3, -0.25) is 0 Å². The van der Waals surface area contributed by atoms with Crippen molar-refractivity contribution in [3.63, 3.8) is 0 Å². The SMILES string of the molecule is CCN(C)S(=O)(=O)NCC1(c2cccc(Br)c2)CC1. The second kappa shape index (κ2) is 5.52. The predicted octanol–water partition coefficient (Wildman–Crippen LogP) is 2.27. The zero-order valence-corrected chi connectivity index (χ0v) is 13.6. The molecule has 0 spiro atoms. The van der Waals surface area contributed by atoms with Crippen molar-refractivity contribution in [2.24, 2.45) is 0 Å². The van der Waals surface area contributed by atoms with Gasteiger partial charge in [0.2, 0.25) is 0 Å². The highest BCUT2D eigenvalue weighted by Crippen LogP contribution is 2.48. The van der Waals surface area contributed by atoms with Gasteiger partial charge in [-0.1, -0.05) is 35.0 Å². The van der Waals surface area contributed by atoms with E-state index in [-0.39, 0.29) is 5.41 Å². The van der Waals surface area contributed by atoms with E-state index >= 15 is 0 Å². The quantitative estimate of drug-likeness (QED) is 0.858. The minimum absolute atomic E-state index is 0.0224. The van der Waals surface area contributed by atoms with E-state index in [1.165, 1.54) is 9.87 Å². The zero-order chi connectivity index (χ0) is 14.1. The van der Waals surface area contributed by atoms with Crippen LogP contribution in [0.1, 0.15) is 25.3 Å². The van der Waals surface area contributed by atoms with E-state index in [0.717, 1.165) is 17.3 Å². The van der Waals surface area contributed by atoms with Crippen molar-refractivity contribution in [3.8, 4) is 0 Å². The first kappa shape index (κ1) is 15.0. The summed E-state index contributed by atoms with van der Waals surface area (Å²) in [4.78, 5) is 0. The fourth-order valence-corrected chi connectivity index (χ4v) is 3.46. The van der Waals surface area contributed by atoms with Gasteiger partial charge in [0.1, 0.15) is 0 Å². The first-order valence-corrected chi connectivity index (χ1v) is 8.60. The molecule has 0 amide bonds. The molecule has 6 heteroatoms. The third-order valence-electron chi connectivity index (χ3n) is 3.74. The summed E-state index contributed by atoms with van der Waals surface area (Å²) in [6.45, 7) is 2.76. The van der Waals surface area contributed by atoms with E-state index in [1.807, 2.05) is 19.1 Å². The maximum Gasteiger partial charge on any atom is 0.279 e. The number of hydrogen-bond acceptors (Lipinski definition) is 2. The van der Waals surface area contributed by atoms with Gasteiger partial charge in [0, 0.05) is 30.0 Å². The van der Waals surface area contributed by atoms with Crippen molar-refractivity contribution in [1.29, 1.82) is 0 Å². The highest BCUT2D eigenvalue weighted by atomic mass is 79.9. The second-order valence-electron chi connectivity index (χ2n) is 5.03. The molecule has 106 valence electrons. The van der Waals surface area contributed by atoms with Crippen LogP contribution >= 0.6 is 15.9 Å². The fraction of sp³-hybridized carbons (Fsp3) is 0.538.